The van der Waals surface area contributed by atoms with Gasteiger partial charge in [0.25, 0.3) is 0 Å². The Balaban J connectivity index is 2.54. The van der Waals surface area contributed by atoms with Crippen LogP contribution >= 0.6 is 0 Å². The standard InChI is InChI=1S/C18H24N4O5/c1-11-10-12(27-21-11)13-14(20-9-8-19-13)22(15(23)25-17(2,3)4)16(24)26-18(5,6)7/h8-10H,1-7H3. The van der Waals surface area contributed by atoms with Crippen molar-refractivity contribution in [3.63, 3.8) is 0 Å². The third kappa shape index (κ3) is 5.50. The fourth-order valence-corrected chi connectivity index (χ4v) is 2.01. The molecule has 9 heteroatoms. The van der Waals surface area contributed by atoms with E-state index in [0.717, 1.165) is 0 Å². The van der Waals surface area contributed by atoms with Crippen LogP contribution in [0.15, 0.2) is 23.0 Å². The average Bonchev–Trinajstić information content (AvgIpc) is 2.90. The summed E-state index contributed by atoms with van der Waals surface area (Å²) in [5.41, 5.74) is -0.886. The van der Waals surface area contributed by atoms with Crippen molar-refractivity contribution in [1.29, 1.82) is 0 Å². The molecule has 0 bridgehead atoms. The number of hydrogen-bond acceptors (Lipinski definition) is 8. The van der Waals surface area contributed by atoms with Crippen molar-refractivity contribution < 1.29 is 23.6 Å². The number of imide groups is 1. The molecule has 0 radical (unpaired) electrons. The van der Waals surface area contributed by atoms with E-state index in [1.165, 1.54) is 12.4 Å². The molecule has 0 aliphatic rings. The molecule has 0 spiro atoms. The minimum absolute atomic E-state index is 0.0721. The van der Waals surface area contributed by atoms with Gasteiger partial charge in [-0.3, -0.25) is 0 Å². The van der Waals surface area contributed by atoms with E-state index in [1.807, 2.05) is 0 Å². The van der Waals surface area contributed by atoms with Gasteiger partial charge in [-0.25, -0.2) is 19.6 Å². The Morgan fingerprint density at radius 2 is 1.48 bits per heavy atom. The number of amides is 2. The van der Waals surface area contributed by atoms with Crippen molar-refractivity contribution in [2.75, 3.05) is 4.90 Å². The average molecular weight is 376 g/mol. The minimum Gasteiger partial charge on any atom is -0.443 e. The van der Waals surface area contributed by atoms with Crippen molar-refractivity contribution in [3.8, 4) is 11.5 Å². The second kappa shape index (κ2) is 7.34. The zero-order valence-corrected chi connectivity index (χ0v) is 16.6. The fourth-order valence-electron chi connectivity index (χ4n) is 2.01. The number of nitrogens with zero attached hydrogens (tertiary/aromatic N) is 4. The van der Waals surface area contributed by atoms with Crippen molar-refractivity contribution in [2.24, 2.45) is 0 Å². The number of aromatic nitrogens is 3. The molecule has 9 nitrogen and oxygen atoms in total. The Hall–Kier alpha value is -2.97. The zero-order chi connectivity index (χ0) is 20.4. The van der Waals surface area contributed by atoms with Gasteiger partial charge in [-0.1, -0.05) is 5.16 Å². The Kier molecular flexibility index (Phi) is 5.53. The van der Waals surface area contributed by atoms with Crippen LogP contribution in [0.1, 0.15) is 47.2 Å². The van der Waals surface area contributed by atoms with Gasteiger partial charge in [0, 0.05) is 18.5 Å². The Morgan fingerprint density at radius 1 is 0.963 bits per heavy atom. The highest BCUT2D eigenvalue weighted by molar-refractivity contribution is 6.10. The van der Waals surface area contributed by atoms with Crippen LogP contribution in [0.2, 0.25) is 0 Å². The zero-order valence-electron chi connectivity index (χ0n) is 16.6. The van der Waals surface area contributed by atoms with E-state index in [-0.39, 0.29) is 17.3 Å². The third-order valence-electron chi connectivity index (χ3n) is 2.90. The lowest BCUT2D eigenvalue weighted by Gasteiger charge is -2.28. The molecular formula is C18H24N4O5. The second-order valence-electron chi connectivity index (χ2n) is 7.86. The smallest absolute Gasteiger partial charge is 0.425 e. The van der Waals surface area contributed by atoms with Gasteiger partial charge in [0.15, 0.2) is 17.3 Å². The molecule has 0 unspecified atom stereocenters. The summed E-state index contributed by atoms with van der Waals surface area (Å²) in [6.45, 7) is 11.9. The maximum absolute atomic E-state index is 12.8. The van der Waals surface area contributed by atoms with Crippen molar-refractivity contribution in [2.45, 2.75) is 59.7 Å². The number of carbonyl (C=O) groups excluding carboxylic acids is 2. The molecule has 0 aliphatic carbocycles. The molecule has 2 aromatic heterocycles. The maximum Gasteiger partial charge on any atom is 0.425 e. The first-order valence-electron chi connectivity index (χ1n) is 8.38. The van der Waals surface area contributed by atoms with Gasteiger partial charge in [-0.2, -0.15) is 4.90 Å². The molecule has 0 aromatic carbocycles. The van der Waals surface area contributed by atoms with Crippen LogP contribution in [0.3, 0.4) is 0 Å². The topological polar surface area (TPSA) is 108 Å². The predicted octanol–water partition coefficient (Wildman–Crippen LogP) is 4.12. The highest BCUT2D eigenvalue weighted by Crippen LogP contribution is 2.29. The predicted molar refractivity (Wildman–Crippen MR) is 97.2 cm³/mol. The van der Waals surface area contributed by atoms with Crippen LogP contribution in [-0.2, 0) is 9.47 Å². The Morgan fingerprint density at radius 3 is 1.93 bits per heavy atom. The summed E-state index contributed by atoms with van der Waals surface area (Å²) in [6, 6.07) is 1.62. The molecule has 0 fully saturated rings. The van der Waals surface area contributed by atoms with Gasteiger partial charge >= 0.3 is 12.2 Å². The summed E-state index contributed by atoms with van der Waals surface area (Å²) in [4.78, 5) is 34.6. The summed E-state index contributed by atoms with van der Waals surface area (Å²) >= 11 is 0. The van der Waals surface area contributed by atoms with Crippen LogP contribution in [0, 0.1) is 6.92 Å². The van der Waals surface area contributed by atoms with Crippen LogP contribution < -0.4 is 4.90 Å². The van der Waals surface area contributed by atoms with Crippen molar-refractivity contribution in [1.82, 2.24) is 15.1 Å². The van der Waals surface area contributed by atoms with E-state index >= 15 is 0 Å². The molecule has 0 atom stereocenters. The SMILES string of the molecule is Cc1cc(-c2nccnc2N(C(=O)OC(C)(C)C)C(=O)OC(C)(C)C)on1. The van der Waals surface area contributed by atoms with Crippen LogP contribution in [0.5, 0.6) is 0 Å². The normalized spacial score (nSPS) is 11.8. The number of anilines is 1. The molecule has 2 amide bonds. The Labute approximate surface area is 157 Å². The summed E-state index contributed by atoms with van der Waals surface area (Å²) in [7, 11) is 0. The van der Waals surface area contributed by atoms with Crippen LogP contribution in [-0.4, -0.2) is 38.5 Å². The maximum atomic E-state index is 12.8. The molecule has 146 valence electrons. The third-order valence-corrected chi connectivity index (χ3v) is 2.90. The monoisotopic (exact) mass is 376 g/mol. The number of aryl methyl sites for hydroxylation is 1. The minimum atomic E-state index is -0.935. The lowest BCUT2D eigenvalue weighted by molar-refractivity contribution is 0.0429. The number of rotatable bonds is 2. The molecule has 0 N–H and O–H groups in total. The number of ether oxygens (including phenoxy) is 2. The first kappa shape index (κ1) is 20.3. The van der Waals surface area contributed by atoms with Gasteiger partial charge in [0.05, 0.1) is 5.69 Å². The molecule has 2 rings (SSSR count). The lowest BCUT2D eigenvalue weighted by atomic mass is 10.2. The second-order valence-corrected chi connectivity index (χ2v) is 7.86. The first-order valence-corrected chi connectivity index (χ1v) is 8.38. The van der Waals surface area contributed by atoms with Gasteiger partial charge in [0.2, 0.25) is 0 Å². The van der Waals surface area contributed by atoms with E-state index in [0.29, 0.717) is 10.6 Å². The highest BCUT2D eigenvalue weighted by atomic mass is 16.6. The van der Waals surface area contributed by atoms with Gasteiger partial charge < -0.3 is 14.0 Å². The van der Waals surface area contributed by atoms with Gasteiger partial charge in [0.1, 0.15) is 11.2 Å². The van der Waals surface area contributed by atoms with Crippen LogP contribution in [0.4, 0.5) is 15.4 Å². The Bertz CT molecular complexity index is 805. The number of carbonyl (C=O) groups is 2. The largest absolute Gasteiger partial charge is 0.443 e. The summed E-state index contributed by atoms with van der Waals surface area (Å²) < 4.78 is 15.9. The van der Waals surface area contributed by atoms with E-state index < -0.39 is 23.4 Å². The number of hydrogen-bond donors (Lipinski definition) is 0. The molecule has 27 heavy (non-hydrogen) atoms. The molecule has 0 saturated carbocycles. The summed E-state index contributed by atoms with van der Waals surface area (Å²) in [6.07, 6.45) is 0.896. The first-order chi connectivity index (χ1) is 12.4. The summed E-state index contributed by atoms with van der Waals surface area (Å²) in [5, 5.41) is 3.81. The van der Waals surface area contributed by atoms with Crippen LogP contribution in [0.25, 0.3) is 11.5 Å². The van der Waals surface area contributed by atoms with Gasteiger partial charge in [-0.15, -0.1) is 0 Å². The molecule has 2 aromatic rings. The van der Waals surface area contributed by atoms with E-state index in [9.17, 15) is 9.59 Å². The quantitative estimate of drug-likeness (QED) is 0.770. The molecule has 0 saturated heterocycles. The molecular weight excluding hydrogens is 352 g/mol. The van der Waals surface area contributed by atoms with E-state index in [2.05, 4.69) is 15.1 Å². The highest BCUT2D eigenvalue weighted by Gasteiger charge is 2.36. The van der Waals surface area contributed by atoms with Crippen molar-refractivity contribution >= 4 is 18.0 Å². The van der Waals surface area contributed by atoms with Gasteiger partial charge in [-0.05, 0) is 48.5 Å². The summed E-state index contributed by atoms with van der Waals surface area (Å²) in [5.74, 6) is 0.185. The fraction of sp³-hybridized carbons (Fsp3) is 0.500. The van der Waals surface area contributed by atoms with E-state index in [1.54, 1.807) is 54.5 Å². The molecule has 0 aliphatic heterocycles. The van der Waals surface area contributed by atoms with E-state index in [4.69, 9.17) is 14.0 Å². The van der Waals surface area contributed by atoms with Crippen molar-refractivity contribution in [3.05, 3.63) is 24.2 Å². The lowest BCUT2D eigenvalue weighted by Crippen LogP contribution is -2.44. The molecule has 2 heterocycles.